The van der Waals surface area contributed by atoms with Crippen molar-refractivity contribution in [3.05, 3.63) is 24.0 Å². The third kappa shape index (κ3) is 2.14. The molecule has 0 unspecified atom stereocenters. The van der Waals surface area contributed by atoms with Crippen molar-refractivity contribution in [1.29, 1.82) is 0 Å². The fourth-order valence-corrected chi connectivity index (χ4v) is 1.69. The third-order valence-electron chi connectivity index (χ3n) is 2.54. The lowest BCUT2D eigenvalue weighted by atomic mass is 10.2. The van der Waals surface area contributed by atoms with E-state index in [4.69, 9.17) is 0 Å². The van der Waals surface area contributed by atoms with Crippen molar-refractivity contribution in [3.63, 3.8) is 0 Å². The molecule has 0 amide bonds. The molecule has 2 N–H and O–H groups in total. The lowest BCUT2D eigenvalue weighted by molar-refractivity contribution is 0.675. The molecule has 2 aromatic heterocycles. The zero-order valence-electron chi connectivity index (χ0n) is 9.70. The number of H-pyrrole nitrogens is 1. The van der Waals surface area contributed by atoms with Gasteiger partial charge >= 0.3 is 0 Å². The first-order chi connectivity index (χ1) is 7.83. The van der Waals surface area contributed by atoms with Crippen LogP contribution in [0, 0.1) is 0 Å². The van der Waals surface area contributed by atoms with Gasteiger partial charge in [0.15, 0.2) is 0 Å². The molecule has 0 atom stereocenters. The van der Waals surface area contributed by atoms with Crippen LogP contribution >= 0.6 is 0 Å². The summed E-state index contributed by atoms with van der Waals surface area (Å²) in [6, 6.07) is 1.98. The van der Waals surface area contributed by atoms with Gasteiger partial charge in [-0.3, -0.25) is 9.78 Å². The topological polar surface area (TPSA) is 58.5 Å². The van der Waals surface area contributed by atoms with Crippen molar-refractivity contribution in [2.75, 3.05) is 6.54 Å². The van der Waals surface area contributed by atoms with Crippen LogP contribution in [0.15, 0.2) is 18.5 Å². The van der Waals surface area contributed by atoms with Gasteiger partial charge in [0.05, 0.1) is 17.6 Å². The molecule has 0 fully saturated rings. The van der Waals surface area contributed by atoms with Gasteiger partial charge in [0.25, 0.3) is 0 Å². The summed E-state index contributed by atoms with van der Waals surface area (Å²) in [5, 5.41) is 14.6. The molecule has 0 saturated heterocycles. The number of hydrogen-bond acceptors (Lipinski definition) is 3. The molecular weight excluding hydrogens is 202 g/mol. The number of aromatic nitrogens is 4. The summed E-state index contributed by atoms with van der Waals surface area (Å²) in [5.41, 5.74) is 3.28. The molecule has 0 spiro atoms. The summed E-state index contributed by atoms with van der Waals surface area (Å²) in [6.45, 7) is 4.02. The van der Waals surface area contributed by atoms with Gasteiger partial charge in [-0.15, -0.1) is 0 Å². The Hall–Kier alpha value is -1.62. The first kappa shape index (κ1) is 10.9. The van der Waals surface area contributed by atoms with Gasteiger partial charge in [-0.05, 0) is 19.0 Å². The molecule has 2 aromatic rings. The molecule has 0 radical (unpaired) electrons. The fourth-order valence-electron chi connectivity index (χ4n) is 1.69. The summed E-state index contributed by atoms with van der Waals surface area (Å²) in [5.74, 6) is 0. The van der Waals surface area contributed by atoms with Crippen molar-refractivity contribution in [2.24, 2.45) is 7.05 Å². The SMILES string of the molecule is CCCNCc1cn[nH]c1-c1ccnn1C. The first-order valence-corrected chi connectivity index (χ1v) is 5.54. The summed E-state index contributed by atoms with van der Waals surface area (Å²) in [7, 11) is 1.93. The van der Waals surface area contributed by atoms with Gasteiger partial charge in [-0.25, -0.2) is 0 Å². The first-order valence-electron chi connectivity index (χ1n) is 5.54. The molecule has 5 nitrogen and oxygen atoms in total. The maximum atomic E-state index is 4.16. The highest BCUT2D eigenvalue weighted by molar-refractivity contribution is 5.58. The molecule has 0 aliphatic rings. The Bertz CT molecular complexity index is 443. The van der Waals surface area contributed by atoms with E-state index in [-0.39, 0.29) is 0 Å². The Morgan fingerprint density at radius 1 is 1.50 bits per heavy atom. The largest absolute Gasteiger partial charge is 0.313 e. The van der Waals surface area contributed by atoms with Gasteiger partial charge in [-0.1, -0.05) is 6.92 Å². The molecule has 2 rings (SSSR count). The highest BCUT2D eigenvalue weighted by Gasteiger charge is 2.09. The Kier molecular flexibility index (Phi) is 3.36. The van der Waals surface area contributed by atoms with Crippen molar-refractivity contribution in [1.82, 2.24) is 25.3 Å². The van der Waals surface area contributed by atoms with E-state index in [0.29, 0.717) is 0 Å². The zero-order valence-corrected chi connectivity index (χ0v) is 9.70. The molecule has 0 aliphatic heterocycles. The van der Waals surface area contributed by atoms with E-state index in [1.807, 2.05) is 24.0 Å². The molecule has 5 heteroatoms. The van der Waals surface area contributed by atoms with Crippen LogP contribution in [0.3, 0.4) is 0 Å². The second-order valence-electron chi connectivity index (χ2n) is 3.79. The summed E-state index contributed by atoms with van der Waals surface area (Å²) in [4.78, 5) is 0. The average Bonchev–Trinajstić information content (AvgIpc) is 2.87. The maximum Gasteiger partial charge on any atom is 0.0876 e. The normalized spacial score (nSPS) is 10.9. The second-order valence-corrected chi connectivity index (χ2v) is 3.79. The number of hydrogen-bond donors (Lipinski definition) is 2. The Balaban J connectivity index is 2.16. The average molecular weight is 219 g/mol. The summed E-state index contributed by atoms with van der Waals surface area (Å²) >= 11 is 0. The quantitative estimate of drug-likeness (QED) is 0.745. The second kappa shape index (κ2) is 4.94. The number of aromatic amines is 1. The van der Waals surface area contributed by atoms with E-state index >= 15 is 0 Å². The van der Waals surface area contributed by atoms with Gasteiger partial charge in [0, 0.05) is 25.4 Å². The lowest BCUT2D eigenvalue weighted by Crippen LogP contribution is -2.14. The molecule has 0 aromatic carbocycles. The highest BCUT2D eigenvalue weighted by Crippen LogP contribution is 2.19. The molecule has 0 aliphatic carbocycles. The van der Waals surface area contributed by atoms with Crippen molar-refractivity contribution in [2.45, 2.75) is 19.9 Å². The van der Waals surface area contributed by atoms with Crippen LogP contribution in [0.5, 0.6) is 0 Å². The van der Waals surface area contributed by atoms with Crippen molar-refractivity contribution < 1.29 is 0 Å². The van der Waals surface area contributed by atoms with Crippen LogP contribution in [0.2, 0.25) is 0 Å². The third-order valence-corrected chi connectivity index (χ3v) is 2.54. The minimum absolute atomic E-state index is 0.838. The maximum absolute atomic E-state index is 4.16. The van der Waals surface area contributed by atoms with Crippen LogP contribution in [0.4, 0.5) is 0 Å². The zero-order chi connectivity index (χ0) is 11.4. The highest BCUT2D eigenvalue weighted by atomic mass is 15.3. The Labute approximate surface area is 94.9 Å². The molecule has 2 heterocycles. The number of nitrogens with one attached hydrogen (secondary N) is 2. The molecule has 0 saturated carbocycles. The van der Waals surface area contributed by atoms with E-state index in [2.05, 4.69) is 27.5 Å². The van der Waals surface area contributed by atoms with E-state index in [0.717, 1.165) is 30.9 Å². The molecule has 0 bridgehead atoms. The van der Waals surface area contributed by atoms with Crippen molar-refractivity contribution in [3.8, 4) is 11.4 Å². The van der Waals surface area contributed by atoms with E-state index in [1.54, 1.807) is 6.20 Å². The molecular formula is C11H17N5. The van der Waals surface area contributed by atoms with Crippen molar-refractivity contribution >= 4 is 0 Å². The summed E-state index contributed by atoms with van der Waals surface area (Å²) in [6.07, 6.45) is 4.79. The Morgan fingerprint density at radius 2 is 2.38 bits per heavy atom. The molecule has 86 valence electrons. The standard InChI is InChI=1S/C11H17N5/c1-3-5-12-7-9-8-13-15-11(9)10-4-6-14-16(10)2/h4,6,8,12H,3,5,7H2,1-2H3,(H,13,15). The fraction of sp³-hybridized carbons (Fsp3) is 0.455. The predicted molar refractivity (Wildman–Crippen MR) is 62.8 cm³/mol. The van der Waals surface area contributed by atoms with Gasteiger partial charge in [0.1, 0.15) is 0 Å². The van der Waals surface area contributed by atoms with Gasteiger partial charge in [0.2, 0.25) is 0 Å². The minimum Gasteiger partial charge on any atom is -0.313 e. The number of aryl methyl sites for hydroxylation is 1. The smallest absolute Gasteiger partial charge is 0.0876 e. The van der Waals surface area contributed by atoms with E-state index in [1.165, 1.54) is 5.56 Å². The summed E-state index contributed by atoms with van der Waals surface area (Å²) < 4.78 is 1.84. The number of rotatable bonds is 5. The van der Waals surface area contributed by atoms with E-state index in [9.17, 15) is 0 Å². The minimum atomic E-state index is 0.838. The Morgan fingerprint density at radius 3 is 3.06 bits per heavy atom. The van der Waals surface area contributed by atoms with Crippen LogP contribution in [0.25, 0.3) is 11.4 Å². The molecule has 16 heavy (non-hydrogen) atoms. The van der Waals surface area contributed by atoms with Crippen LogP contribution in [-0.4, -0.2) is 26.5 Å². The predicted octanol–water partition coefficient (Wildman–Crippen LogP) is 1.31. The van der Waals surface area contributed by atoms with Gasteiger partial charge < -0.3 is 5.32 Å². The van der Waals surface area contributed by atoms with Crippen LogP contribution in [-0.2, 0) is 13.6 Å². The van der Waals surface area contributed by atoms with Crippen LogP contribution < -0.4 is 5.32 Å². The number of nitrogens with zero attached hydrogens (tertiary/aromatic N) is 3. The van der Waals surface area contributed by atoms with E-state index < -0.39 is 0 Å². The van der Waals surface area contributed by atoms with Gasteiger partial charge in [-0.2, -0.15) is 10.2 Å². The lowest BCUT2D eigenvalue weighted by Gasteiger charge is -2.04. The van der Waals surface area contributed by atoms with Crippen LogP contribution in [0.1, 0.15) is 18.9 Å². The monoisotopic (exact) mass is 219 g/mol.